The summed E-state index contributed by atoms with van der Waals surface area (Å²) in [5, 5.41) is 0. The van der Waals surface area contributed by atoms with Gasteiger partial charge in [-0.2, -0.15) is 0 Å². The van der Waals surface area contributed by atoms with Crippen molar-refractivity contribution in [2.24, 2.45) is 5.73 Å². The maximum atomic E-state index is 11.6. The number of benzene rings is 1. The number of rotatable bonds is 4. The molecule has 1 aliphatic heterocycles. The number of carbonyl (C=O) groups is 1. The number of carbonyl (C=O) groups excluding carboxylic acids is 1. The van der Waals surface area contributed by atoms with Gasteiger partial charge in [-0.05, 0) is 26.0 Å². The standard InChI is InChI=1S/C14H19NO4/c1-4-18-12-6-9-5-8(2)19-11(9)7-10(12)13(15)14(16)17-3/h6-8,13H,4-5,15H2,1-3H3. The molecule has 1 aliphatic rings. The Morgan fingerprint density at radius 1 is 1.58 bits per heavy atom. The van der Waals surface area contributed by atoms with Crippen LogP contribution in [0.4, 0.5) is 0 Å². The van der Waals surface area contributed by atoms with E-state index in [4.69, 9.17) is 15.2 Å². The molecule has 2 rings (SSSR count). The van der Waals surface area contributed by atoms with Gasteiger partial charge in [-0.3, -0.25) is 4.79 Å². The summed E-state index contributed by atoms with van der Waals surface area (Å²) in [6.07, 6.45) is 0.970. The van der Waals surface area contributed by atoms with Gasteiger partial charge in [0, 0.05) is 17.5 Å². The monoisotopic (exact) mass is 265 g/mol. The van der Waals surface area contributed by atoms with Gasteiger partial charge in [0.1, 0.15) is 23.6 Å². The van der Waals surface area contributed by atoms with Crippen LogP contribution in [0.1, 0.15) is 31.0 Å². The Morgan fingerprint density at radius 2 is 2.32 bits per heavy atom. The molecule has 1 aromatic rings. The van der Waals surface area contributed by atoms with E-state index in [1.54, 1.807) is 6.07 Å². The van der Waals surface area contributed by atoms with Gasteiger partial charge in [-0.25, -0.2) is 0 Å². The molecule has 104 valence electrons. The molecule has 0 spiro atoms. The molecule has 1 heterocycles. The summed E-state index contributed by atoms with van der Waals surface area (Å²) >= 11 is 0. The quantitative estimate of drug-likeness (QED) is 0.837. The first kappa shape index (κ1) is 13.7. The summed E-state index contributed by atoms with van der Waals surface area (Å²) in [5.41, 5.74) is 7.58. The van der Waals surface area contributed by atoms with E-state index in [9.17, 15) is 4.79 Å². The lowest BCUT2D eigenvalue weighted by Crippen LogP contribution is -2.23. The third-order valence-electron chi connectivity index (χ3n) is 3.12. The topological polar surface area (TPSA) is 70.8 Å². The van der Waals surface area contributed by atoms with E-state index < -0.39 is 12.0 Å². The Hall–Kier alpha value is -1.75. The molecule has 0 aromatic heterocycles. The van der Waals surface area contributed by atoms with Crippen LogP contribution in [-0.4, -0.2) is 25.8 Å². The van der Waals surface area contributed by atoms with Gasteiger partial charge in [0.25, 0.3) is 0 Å². The van der Waals surface area contributed by atoms with Crippen LogP contribution in [0.5, 0.6) is 11.5 Å². The van der Waals surface area contributed by atoms with Crippen LogP contribution in [0.15, 0.2) is 12.1 Å². The normalized spacial score (nSPS) is 18.4. The molecule has 5 nitrogen and oxygen atoms in total. The van der Waals surface area contributed by atoms with Crippen molar-refractivity contribution in [3.05, 3.63) is 23.3 Å². The molecule has 0 saturated carbocycles. The van der Waals surface area contributed by atoms with E-state index in [0.29, 0.717) is 17.9 Å². The Labute approximate surface area is 112 Å². The van der Waals surface area contributed by atoms with Crippen molar-refractivity contribution in [2.45, 2.75) is 32.4 Å². The van der Waals surface area contributed by atoms with E-state index >= 15 is 0 Å². The fourth-order valence-corrected chi connectivity index (χ4v) is 2.23. The first-order valence-corrected chi connectivity index (χ1v) is 6.36. The van der Waals surface area contributed by atoms with Gasteiger partial charge in [0.05, 0.1) is 13.7 Å². The zero-order valence-electron chi connectivity index (χ0n) is 11.4. The smallest absolute Gasteiger partial charge is 0.327 e. The number of methoxy groups -OCH3 is 1. The summed E-state index contributed by atoms with van der Waals surface area (Å²) in [6.45, 7) is 4.40. The third-order valence-corrected chi connectivity index (χ3v) is 3.12. The molecule has 2 N–H and O–H groups in total. The molecule has 2 unspecified atom stereocenters. The highest BCUT2D eigenvalue weighted by atomic mass is 16.5. The van der Waals surface area contributed by atoms with Gasteiger partial charge in [0.2, 0.25) is 0 Å². The molecule has 2 atom stereocenters. The third kappa shape index (κ3) is 2.66. The molecular weight excluding hydrogens is 246 g/mol. The predicted octanol–water partition coefficient (Wildman–Crippen LogP) is 1.58. The Kier molecular flexibility index (Phi) is 3.95. The Morgan fingerprint density at radius 3 is 2.95 bits per heavy atom. The maximum absolute atomic E-state index is 11.6. The molecule has 0 saturated heterocycles. The number of nitrogens with two attached hydrogens (primary N) is 1. The lowest BCUT2D eigenvalue weighted by molar-refractivity contribution is -0.142. The number of ether oxygens (including phenoxy) is 3. The van der Waals surface area contributed by atoms with Crippen LogP contribution in [-0.2, 0) is 16.0 Å². The first-order chi connectivity index (χ1) is 9.06. The van der Waals surface area contributed by atoms with Gasteiger partial charge in [-0.1, -0.05) is 0 Å². The Bertz CT molecular complexity index is 487. The highest BCUT2D eigenvalue weighted by Crippen LogP contribution is 2.37. The number of fused-ring (bicyclic) bond motifs is 1. The summed E-state index contributed by atoms with van der Waals surface area (Å²) in [6, 6.07) is 2.82. The van der Waals surface area contributed by atoms with Crippen LogP contribution in [0.2, 0.25) is 0 Å². The molecule has 0 amide bonds. The van der Waals surface area contributed by atoms with Gasteiger partial charge in [-0.15, -0.1) is 0 Å². The molecular formula is C14H19NO4. The number of hydrogen-bond acceptors (Lipinski definition) is 5. The number of esters is 1. The summed E-state index contributed by atoms with van der Waals surface area (Å²) < 4.78 is 15.9. The van der Waals surface area contributed by atoms with E-state index in [1.807, 2.05) is 19.9 Å². The summed E-state index contributed by atoms with van der Waals surface area (Å²) in [5.74, 6) is 0.897. The molecule has 5 heteroatoms. The fraction of sp³-hybridized carbons (Fsp3) is 0.500. The molecule has 1 aromatic carbocycles. The second kappa shape index (κ2) is 5.48. The minimum absolute atomic E-state index is 0.133. The maximum Gasteiger partial charge on any atom is 0.327 e. The minimum atomic E-state index is -0.864. The Balaban J connectivity index is 2.41. The lowest BCUT2D eigenvalue weighted by atomic mass is 10.0. The van der Waals surface area contributed by atoms with E-state index in [1.165, 1.54) is 7.11 Å². The largest absolute Gasteiger partial charge is 0.494 e. The second-order valence-electron chi connectivity index (χ2n) is 4.56. The van der Waals surface area contributed by atoms with Gasteiger partial charge >= 0.3 is 5.97 Å². The molecule has 0 aliphatic carbocycles. The molecule has 19 heavy (non-hydrogen) atoms. The van der Waals surface area contributed by atoms with Crippen LogP contribution in [0, 0.1) is 0 Å². The van der Waals surface area contributed by atoms with Crippen LogP contribution in [0.25, 0.3) is 0 Å². The van der Waals surface area contributed by atoms with Crippen LogP contribution in [0.3, 0.4) is 0 Å². The SMILES string of the molecule is CCOc1cc2c(cc1C(N)C(=O)OC)OC(C)C2. The van der Waals surface area contributed by atoms with Gasteiger partial charge < -0.3 is 19.9 Å². The van der Waals surface area contributed by atoms with Crippen molar-refractivity contribution in [3.8, 4) is 11.5 Å². The molecule has 0 bridgehead atoms. The van der Waals surface area contributed by atoms with Crippen molar-refractivity contribution in [3.63, 3.8) is 0 Å². The lowest BCUT2D eigenvalue weighted by Gasteiger charge is -2.16. The second-order valence-corrected chi connectivity index (χ2v) is 4.56. The van der Waals surface area contributed by atoms with E-state index in [-0.39, 0.29) is 6.10 Å². The summed E-state index contributed by atoms with van der Waals surface area (Å²) in [4.78, 5) is 11.6. The van der Waals surface area contributed by atoms with Crippen molar-refractivity contribution in [2.75, 3.05) is 13.7 Å². The first-order valence-electron chi connectivity index (χ1n) is 6.36. The minimum Gasteiger partial charge on any atom is -0.494 e. The zero-order valence-corrected chi connectivity index (χ0v) is 11.4. The average Bonchev–Trinajstić information content (AvgIpc) is 2.75. The van der Waals surface area contributed by atoms with Crippen LogP contribution >= 0.6 is 0 Å². The molecule has 0 radical (unpaired) electrons. The number of hydrogen-bond donors (Lipinski definition) is 1. The summed E-state index contributed by atoms with van der Waals surface area (Å²) in [7, 11) is 1.31. The van der Waals surface area contributed by atoms with Gasteiger partial charge in [0.15, 0.2) is 0 Å². The van der Waals surface area contributed by atoms with E-state index in [2.05, 4.69) is 4.74 Å². The predicted molar refractivity (Wildman–Crippen MR) is 70.3 cm³/mol. The van der Waals surface area contributed by atoms with Crippen molar-refractivity contribution in [1.82, 2.24) is 0 Å². The molecule has 0 fully saturated rings. The zero-order chi connectivity index (χ0) is 14.0. The fourth-order valence-electron chi connectivity index (χ4n) is 2.23. The van der Waals surface area contributed by atoms with Crippen LogP contribution < -0.4 is 15.2 Å². The van der Waals surface area contributed by atoms with E-state index in [0.717, 1.165) is 17.7 Å². The highest BCUT2D eigenvalue weighted by Gasteiger charge is 2.26. The van der Waals surface area contributed by atoms with Crippen molar-refractivity contribution >= 4 is 5.97 Å². The average molecular weight is 265 g/mol. The highest BCUT2D eigenvalue weighted by molar-refractivity contribution is 5.78. The van der Waals surface area contributed by atoms with Crippen molar-refractivity contribution in [1.29, 1.82) is 0 Å². The van der Waals surface area contributed by atoms with Crippen molar-refractivity contribution < 1.29 is 19.0 Å².